The molecule has 0 heterocycles. The first kappa shape index (κ1) is 15.2. The first-order valence-electron chi connectivity index (χ1n) is 5.20. The van der Waals surface area contributed by atoms with Gasteiger partial charge in [-0.3, -0.25) is 0 Å². The van der Waals surface area contributed by atoms with Gasteiger partial charge in [0.25, 0.3) is 0 Å². The number of alkyl halides is 1. The highest BCUT2D eigenvalue weighted by molar-refractivity contribution is 14.1. The van der Waals surface area contributed by atoms with Crippen molar-refractivity contribution in [1.82, 2.24) is 4.72 Å². The van der Waals surface area contributed by atoms with Gasteiger partial charge in [0.15, 0.2) is 0 Å². The molecule has 96 valence electrons. The van der Waals surface area contributed by atoms with Crippen LogP contribution in [-0.4, -0.2) is 18.9 Å². The average Bonchev–Trinajstić information content (AvgIpc) is 2.26. The summed E-state index contributed by atoms with van der Waals surface area (Å²) in [5.74, 6) is 0.258. The summed E-state index contributed by atoms with van der Waals surface area (Å²) in [6.45, 7) is 3.99. The van der Waals surface area contributed by atoms with E-state index in [1.165, 1.54) is 12.1 Å². The lowest BCUT2D eigenvalue weighted by Gasteiger charge is -2.19. The fourth-order valence-corrected chi connectivity index (χ4v) is 4.27. The van der Waals surface area contributed by atoms with Crippen molar-refractivity contribution in [2.45, 2.75) is 24.8 Å². The molecule has 1 aromatic carbocycles. The van der Waals surface area contributed by atoms with Crippen LogP contribution in [0.1, 0.15) is 13.8 Å². The quantitative estimate of drug-likeness (QED) is 0.623. The van der Waals surface area contributed by atoms with E-state index in [4.69, 9.17) is 11.6 Å². The highest BCUT2D eigenvalue weighted by Gasteiger charge is 2.21. The number of hydrogen-bond acceptors (Lipinski definition) is 2. The lowest BCUT2D eigenvalue weighted by atomic mass is 10.1. The molecule has 0 saturated carbocycles. The largest absolute Gasteiger partial charge is 0.240 e. The van der Waals surface area contributed by atoms with E-state index >= 15 is 0 Å². The summed E-state index contributed by atoms with van der Waals surface area (Å²) in [4.78, 5) is 0.248. The summed E-state index contributed by atoms with van der Waals surface area (Å²) in [7, 11) is -3.45. The van der Waals surface area contributed by atoms with Crippen molar-refractivity contribution in [1.29, 1.82) is 0 Å². The van der Waals surface area contributed by atoms with Crippen LogP contribution in [0, 0.1) is 5.92 Å². The standard InChI is InChI=1S/C11H15ClINO2S/c1-8(2)11(7-13)14-17(15,16)10-5-3-9(12)4-6-10/h3-6,8,11,14H,7H2,1-2H3. The molecule has 17 heavy (non-hydrogen) atoms. The lowest BCUT2D eigenvalue weighted by Crippen LogP contribution is -2.39. The van der Waals surface area contributed by atoms with E-state index < -0.39 is 10.0 Å². The molecule has 0 radical (unpaired) electrons. The third-order valence-electron chi connectivity index (χ3n) is 2.40. The molecule has 0 saturated heterocycles. The number of rotatable bonds is 5. The van der Waals surface area contributed by atoms with Gasteiger partial charge in [-0.1, -0.05) is 48.0 Å². The van der Waals surface area contributed by atoms with Crippen LogP contribution in [0.5, 0.6) is 0 Å². The number of halogens is 2. The van der Waals surface area contributed by atoms with E-state index in [1.807, 2.05) is 13.8 Å². The van der Waals surface area contributed by atoms with Gasteiger partial charge in [-0.25, -0.2) is 13.1 Å². The Balaban J connectivity index is 2.92. The van der Waals surface area contributed by atoms with E-state index in [1.54, 1.807) is 12.1 Å². The smallest absolute Gasteiger partial charge is 0.207 e. The molecule has 0 spiro atoms. The Labute approximate surface area is 121 Å². The zero-order chi connectivity index (χ0) is 13.1. The van der Waals surface area contributed by atoms with Gasteiger partial charge in [0.1, 0.15) is 0 Å². The minimum Gasteiger partial charge on any atom is -0.207 e. The van der Waals surface area contributed by atoms with Crippen LogP contribution in [0.4, 0.5) is 0 Å². The molecule has 0 aliphatic rings. The molecule has 0 aromatic heterocycles. The molecule has 1 aromatic rings. The molecule has 1 N–H and O–H groups in total. The van der Waals surface area contributed by atoms with Crippen molar-refractivity contribution in [2.24, 2.45) is 5.92 Å². The molecule has 1 atom stereocenters. The van der Waals surface area contributed by atoms with Gasteiger partial charge in [-0.2, -0.15) is 0 Å². The van der Waals surface area contributed by atoms with E-state index in [9.17, 15) is 8.42 Å². The summed E-state index contributed by atoms with van der Waals surface area (Å²) >= 11 is 7.91. The fraction of sp³-hybridized carbons (Fsp3) is 0.455. The average molecular weight is 388 g/mol. The Morgan fingerprint density at radius 3 is 2.24 bits per heavy atom. The van der Waals surface area contributed by atoms with E-state index in [0.717, 1.165) is 4.43 Å². The molecular formula is C11H15ClINO2S. The molecular weight excluding hydrogens is 373 g/mol. The fourth-order valence-electron chi connectivity index (χ4n) is 1.23. The Bertz CT molecular complexity index is 459. The molecule has 6 heteroatoms. The highest BCUT2D eigenvalue weighted by atomic mass is 127. The summed E-state index contributed by atoms with van der Waals surface area (Å²) in [5.41, 5.74) is 0. The summed E-state index contributed by atoms with van der Waals surface area (Å²) < 4.78 is 27.6. The van der Waals surface area contributed by atoms with Gasteiger partial charge in [0.05, 0.1) is 4.90 Å². The second-order valence-electron chi connectivity index (χ2n) is 4.08. The van der Waals surface area contributed by atoms with Gasteiger partial charge in [0, 0.05) is 15.5 Å². The molecule has 0 fully saturated rings. The predicted octanol–water partition coefficient (Wildman–Crippen LogP) is 3.08. The Morgan fingerprint density at radius 2 is 1.82 bits per heavy atom. The van der Waals surface area contributed by atoms with Gasteiger partial charge in [-0.05, 0) is 30.2 Å². The minimum absolute atomic E-state index is 0.0590. The maximum absolute atomic E-state index is 12.1. The third kappa shape index (κ3) is 4.39. The summed E-state index contributed by atoms with van der Waals surface area (Å²) in [5, 5.41) is 0.526. The highest BCUT2D eigenvalue weighted by Crippen LogP contribution is 2.16. The van der Waals surface area contributed by atoms with Crippen LogP contribution in [-0.2, 0) is 10.0 Å². The van der Waals surface area contributed by atoms with Crippen LogP contribution >= 0.6 is 34.2 Å². The van der Waals surface area contributed by atoms with E-state index in [-0.39, 0.29) is 16.9 Å². The normalized spacial score (nSPS) is 13.9. The third-order valence-corrected chi connectivity index (χ3v) is 5.11. The number of sulfonamides is 1. The molecule has 1 rings (SSSR count). The van der Waals surface area contributed by atoms with Gasteiger partial charge >= 0.3 is 0 Å². The summed E-state index contributed by atoms with van der Waals surface area (Å²) in [6.07, 6.45) is 0. The van der Waals surface area contributed by atoms with Crippen LogP contribution in [0.15, 0.2) is 29.2 Å². The number of hydrogen-bond donors (Lipinski definition) is 1. The minimum atomic E-state index is -3.45. The molecule has 0 aliphatic heterocycles. The first-order chi connectivity index (χ1) is 7.86. The van der Waals surface area contributed by atoms with Crippen molar-refractivity contribution >= 4 is 44.2 Å². The molecule has 0 amide bonds. The predicted molar refractivity (Wildman–Crippen MR) is 79.3 cm³/mol. The maximum Gasteiger partial charge on any atom is 0.240 e. The van der Waals surface area contributed by atoms with Crippen LogP contribution < -0.4 is 4.72 Å². The van der Waals surface area contributed by atoms with Gasteiger partial charge in [0.2, 0.25) is 10.0 Å². The SMILES string of the molecule is CC(C)C(CI)NS(=O)(=O)c1ccc(Cl)cc1. The topological polar surface area (TPSA) is 46.2 Å². The molecule has 0 aliphatic carbocycles. The molecule has 3 nitrogen and oxygen atoms in total. The van der Waals surface area contributed by atoms with Crippen molar-refractivity contribution in [3.8, 4) is 0 Å². The van der Waals surface area contributed by atoms with Crippen molar-refractivity contribution in [3.05, 3.63) is 29.3 Å². The Kier molecular flexibility index (Phi) is 5.69. The summed E-state index contributed by atoms with van der Waals surface area (Å²) in [6, 6.07) is 6.11. The Hall–Kier alpha value is 0.150. The zero-order valence-electron chi connectivity index (χ0n) is 9.65. The van der Waals surface area contributed by atoms with Crippen molar-refractivity contribution < 1.29 is 8.42 Å². The van der Waals surface area contributed by atoms with Crippen LogP contribution in [0.2, 0.25) is 5.02 Å². The van der Waals surface area contributed by atoms with Crippen molar-refractivity contribution in [2.75, 3.05) is 4.43 Å². The second kappa shape index (κ2) is 6.36. The number of nitrogens with one attached hydrogen (secondary N) is 1. The first-order valence-corrected chi connectivity index (χ1v) is 8.59. The molecule has 1 unspecified atom stereocenters. The lowest BCUT2D eigenvalue weighted by molar-refractivity contribution is 0.486. The van der Waals surface area contributed by atoms with E-state index in [2.05, 4.69) is 27.3 Å². The number of benzene rings is 1. The monoisotopic (exact) mass is 387 g/mol. The van der Waals surface area contributed by atoms with Gasteiger partial charge < -0.3 is 0 Å². The molecule has 0 bridgehead atoms. The maximum atomic E-state index is 12.1. The zero-order valence-corrected chi connectivity index (χ0v) is 13.4. The van der Waals surface area contributed by atoms with Crippen LogP contribution in [0.3, 0.4) is 0 Å². The van der Waals surface area contributed by atoms with E-state index in [0.29, 0.717) is 5.02 Å². The van der Waals surface area contributed by atoms with Gasteiger partial charge in [-0.15, -0.1) is 0 Å². The van der Waals surface area contributed by atoms with Crippen LogP contribution in [0.25, 0.3) is 0 Å². The Morgan fingerprint density at radius 1 is 1.29 bits per heavy atom. The van der Waals surface area contributed by atoms with Crippen molar-refractivity contribution in [3.63, 3.8) is 0 Å². The second-order valence-corrected chi connectivity index (χ2v) is 7.11.